The summed E-state index contributed by atoms with van der Waals surface area (Å²) in [5.74, 6) is 1.58. The number of amides is 1. The van der Waals surface area contributed by atoms with Crippen LogP contribution in [0, 0.1) is 6.92 Å². The number of aromatic nitrogens is 1. The Bertz CT molecular complexity index is 554. The topological polar surface area (TPSA) is 62.2 Å². The van der Waals surface area contributed by atoms with Gasteiger partial charge < -0.3 is 10.4 Å². The van der Waals surface area contributed by atoms with E-state index < -0.39 is 6.10 Å². The summed E-state index contributed by atoms with van der Waals surface area (Å²) in [6.45, 7) is 2.26. The molecule has 2 N–H and O–H groups in total. The molecule has 1 atom stereocenters. The van der Waals surface area contributed by atoms with Gasteiger partial charge in [-0.1, -0.05) is 0 Å². The zero-order valence-corrected chi connectivity index (χ0v) is 14.2. The lowest BCUT2D eigenvalue weighted by Gasteiger charge is -2.10. The molecule has 0 aliphatic heterocycles. The van der Waals surface area contributed by atoms with Crippen molar-refractivity contribution in [3.8, 4) is 0 Å². The highest BCUT2D eigenvalue weighted by atomic mass is 32.2. The molecule has 0 spiro atoms. The Morgan fingerprint density at radius 3 is 3.05 bits per heavy atom. The number of nitrogens with zero attached hydrogens (tertiary/aromatic N) is 1. The highest BCUT2D eigenvalue weighted by Gasteiger charge is 2.09. The highest BCUT2D eigenvalue weighted by Crippen LogP contribution is 2.16. The Kier molecular flexibility index (Phi) is 6.69. The highest BCUT2D eigenvalue weighted by molar-refractivity contribution is 7.98. The third kappa shape index (κ3) is 5.78. The van der Waals surface area contributed by atoms with Gasteiger partial charge in [0.05, 0.1) is 16.8 Å². The summed E-state index contributed by atoms with van der Waals surface area (Å²) in [7, 11) is 0. The van der Waals surface area contributed by atoms with Crippen molar-refractivity contribution in [3.05, 3.63) is 38.5 Å². The predicted octanol–water partition coefficient (Wildman–Crippen LogP) is 2.99. The van der Waals surface area contributed by atoms with Crippen LogP contribution in [0.15, 0.2) is 22.2 Å². The Morgan fingerprint density at radius 1 is 1.52 bits per heavy atom. The fourth-order valence-electron chi connectivity index (χ4n) is 1.70. The molecule has 0 aliphatic rings. The Morgan fingerprint density at radius 2 is 2.38 bits per heavy atom. The number of nitrogens with one attached hydrogen (secondary N) is 1. The lowest BCUT2D eigenvalue weighted by atomic mass is 10.2. The number of hydrogen-bond donors (Lipinski definition) is 2. The van der Waals surface area contributed by atoms with Gasteiger partial charge in [0.2, 0.25) is 5.91 Å². The summed E-state index contributed by atoms with van der Waals surface area (Å²) >= 11 is 4.89. The van der Waals surface area contributed by atoms with E-state index in [9.17, 15) is 9.90 Å². The normalized spacial score (nSPS) is 12.3. The molecule has 0 saturated carbocycles. The van der Waals surface area contributed by atoms with Gasteiger partial charge in [0.15, 0.2) is 0 Å². The van der Waals surface area contributed by atoms with Crippen molar-refractivity contribution in [1.29, 1.82) is 0 Å². The van der Waals surface area contributed by atoms with Crippen molar-refractivity contribution in [2.45, 2.75) is 25.2 Å². The lowest BCUT2D eigenvalue weighted by Crippen LogP contribution is -2.28. The zero-order valence-electron chi connectivity index (χ0n) is 11.7. The van der Waals surface area contributed by atoms with Crippen LogP contribution < -0.4 is 5.32 Å². The summed E-state index contributed by atoms with van der Waals surface area (Å²) in [5, 5.41) is 19.6. The zero-order chi connectivity index (χ0) is 15.1. The number of aryl methyl sites for hydroxylation is 1. The van der Waals surface area contributed by atoms with Crippen molar-refractivity contribution in [1.82, 2.24) is 10.3 Å². The number of hydrogen-bond acceptors (Lipinski definition) is 6. The molecular weight excluding hydrogens is 324 g/mol. The molecule has 0 aromatic carbocycles. The van der Waals surface area contributed by atoms with E-state index in [2.05, 4.69) is 15.7 Å². The Hall–Kier alpha value is -0.890. The van der Waals surface area contributed by atoms with Gasteiger partial charge in [-0.25, -0.2) is 4.98 Å². The van der Waals surface area contributed by atoms with Crippen LogP contribution in [-0.2, 0) is 10.5 Å². The maximum Gasteiger partial charge on any atom is 0.220 e. The molecule has 21 heavy (non-hydrogen) atoms. The van der Waals surface area contributed by atoms with Crippen molar-refractivity contribution < 1.29 is 9.90 Å². The van der Waals surface area contributed by atoms with Gasteiger partial charge in [0.25, 0.3) is 0 Å². The van der Waals surface area contributed by atoms with Crippen LogP contribution in [-0.4, -0.2) is 28.3 Å². The fourth-order valence-corrected chi connectivity index (χ4v) is 3.95. The summed E-state index contributed by atoms with van der Waals surface area (Å²) in [4.78, 5) is 16.1. The van der Waals surface area contributed by atoms with E-state index >= 15 is 0 Å². The van der Waals surface area contributed by atoms with Gasteiger partial charge in [-0.05, 0) is 29.3 Å². The number of thiophene rings is 1. The first-order valence-corrected chi connectivity index (χ1v) is 9.58. The number of thiazole rings is 1. The Balaban J connectivity index is 1.57. The van der Waals surface area contributed by atoms with E-state index in [-0.39, 0.29) is 12.5 Å². The minimum atomic E-state index is -0.620. The lowest BCUT2D eigenvalue weighted by molar-refractivity contribution is -0.121. The number of rotatable bonds is 8. The van der Waals surface area contributed by atoms with Gasteiger partial charge in [-0.2, -0.15) is 23.1 Å². The molecule has 0 aliphatic carbocycles. The maximum atomic E-state index is 11.7. The van der Waals surface area contributed by atoms with Crippen LogP contribution in [0.4, 0.5) is 0 Å². The minimum Gasteiger partial charge on any atom is -0.387 e. The van der Waals surface area contributed by atoms with Gasteiger partial charge in [0, 0.05) is 29.9 Å². The molecule has 7 heteroatoms. The second-order valence-corrected chi connectivity index (χ2v) is 7.48. The molecule has 2 heterocycles. The maximum absolute atomic E-state index is 11.7. The average Bonchev–Trinajstić information content (AvgIpc) is 3.12. The molecule has 0 radical (unpaired) electrons. The van der Waals surface area contributed by atoms with Gasteiger partial charge in [0.1, 0.15) is 0 Å². The van der Waals surface area contributed by atoms with E-state index in [0.29, 0.717) is 6.42 Å². The smallest absolute Gasteiger partial charge is 0.220 e. The molecule has 2 aromatic heterocycles. The summed E-state index contributed by atoms with van der Waals surface area (Å²) in [6, 6.07) is 1.87. The second kappa shape index (κ2) is 8.53. The van der Waals surface area contributed by atoms with E-state index in [1.807, 2.05) is 23.8 Å². The average molecular weight is 343 g/mol. The van der Waals surface area contributed by atoms with Crippen LogP contribution in [0.2, 0.25) is 0 Å². The molecule has 2 rings (SSSR count). The SMILES string of the molecule is Cc1nc(CSCCC(=O)NCC(O)c2ccsc2)cs1. The molecule has 0 bridgehead atoms. The monoisotopic (exact) mass is 342 g/mol. The van der Waals surface area contributed by atoms with Crippen LogP contribution in [0.3, 0.4) is 0 Å². The number of aliphatic hydroxyl groups excluding tert-OH is 1. The summed E-state index contributed by atoms with van der Waals surface area (Å²) in [6.07, 6.45) is -0.157. The number of thioether (sulfide) groups is 1. The molecule has 114 valence electrons. The third-order valence-electron chi connectivity index (χ3n) is 2.81. The summed E-state index contributed by atoms with van der Waals surface area (Å²) in [5.41, 5.74) is 1.93. The molecule has 0 fully saturated rings. The standard InChI is InChI=1S/C14H18N2O2S3/c1-10-16-12(9-21-10)8-20-5-3-14(18)15-6-13(17)11-2-4-19-7-11/h2,4,7,9,13,17H,3,5-6,8H2,1H3,(H,15,18). The van der Waals surface area contributed by atoms with Crippen molar-refractivity contribution in [2.75, 3.05) is 12.3 Å². The van der Waals surface area contributed by atoms with E-state index in [4.69, 9.17) is 0 Å². The van der Waals surface area contributed by atoms with E-state index in [1.54, 1.807) is 23.1 Å². The number of carbonyl (C=O) groups excluding carboxylic acids is 1. The third-order valence-corrected chi connectivity index (χ3v) is 5.33. The molecule has 1 unspecified atom stereocenters. The van der Waals surface area contributed by atoms with Crippen LogP contribution in [0.5, 0.6) is 0 Å². The van der Waals surface area contributed by atoms with E-state index in [1.165, 1.54) is 11.3 Å². The van der Waals surface area contributed by atoms with Crippen molar-refractivity contribution in [2.24, 2.45) is 0 Å². The molecule has 2 aromatic rings. The first kappa shape index (κ1) is 16.5. The number of aliphatic hydroxyl groups is 1. The fraction of sp³-hybridized carbons (Fsp3) is 0.429. The minimum absolute atomic E-state index is 0.0220. The van der Waals surface area contributed by atoms with Crippen molar-refractivity contribution in [3.63, 3.8) is 0 Å². The number of carbonyl (C=O) groups is 1. The van der Waals surface area contributed by atoms with E-state index in [0.717, 1.165) is 27.8 Å². The Labute approximate surface area is 136 Å². The molecule has 1 amide bonds. The van der Waals surface area contributed by atoms with Crippen LogP contribution in [0.1, 0.15) is 28.8 Å². The molecule has 0 saturated heterocycles. The van der Waals surface area contributed by atoms with Gasteiger partial charge in [-0.15, -0.1) is 11.3 Å². The van der Waals surface area contributed by atoms with Crippen LogP contribution >= 0.6 is 34.4 Å². The second-order valence-electron chi connectivity index (χ2n) is 4.54. The van der Waals surface area contributed by atoms with Crippen LogP contribution in [0.25, 0.3) is 0 Å². The quantitative estimate of drug-likeness (QED) is 0.724. The first-order valence-electron chi connectivity index (χ1n) is 6.61. The van der Waals surface area contributed by atoms with Gasteiger partial charge >= 0.3 is 0 Å². The van der Waals surface area contributed by atoms with Crippen molar-refractivity contribution >= 4 is 40.3 Å². The largest absolute Gasteiger partial charge is 0.387 e. The van der Waals surface area contributed by atoms with Gasteiger partial charge in [-0.3, -0.25) is 4.79 Å². The molecule has 4 nitrogen and oxygen atoms in total. The predicted molar refractivity (Wildman–Crippen MR) is 89.9 cm³/mol. The summed E-state index contributed by atoms with van der Waals surface area (Å²) < 4.78 is 0. The molecular formula is C14H18N2O2S3. The first-order chi connectivity index (χ1) is 10.1.